The van der Waals surface area contributed by atoms with Crippen LogP contribution in [0.3, 0.4) is 0 Å². The van der Waals surface area contributed by atoms with Gasteiger partial charge in [-0.1, -0.05) is 0 Å². The Morgan fingerprint density at radius 3 is 1.88 bits per heavy atom. The second-order valence-electron chi connectivity index (χ2n) is 1.27. The number of carbonyl (C=O) groups is 2. The van der Waals surface area contributed by atoms with Crippen molar-refractivity contribution in [2.24, 2.45) is 0 Å². The van der Waals surface area contributed by atoms with Gasteiger partial charge in [0.2, 0.25) is 0 Å². The molecular weight excluding hydrogens is 166 g/mol. The van der Waals surface area contributed by atoms with Crippen molar-refractivity contribution in [3.63, 3.8) is 0 Å². The van der Waals surface area contributed by atoms with Gasteiger partial charge >= 0.3 is 25.8 Å². The van der Waals surface area contributed by atoms with Gasteiger partial charge in [0.05, 0.1) is 0 Å². The molecule has 0 heterocycles. The van der Waals surface area contributed by atoms with Gasteiger partial charge in [0.15, 0.2) is 0 Å². The van der Waals surface area contributed by atoms with E-state index in [-0.39, 0.29) is 32.0 Å². The van der Waals surface area contributed by atoms with Crippen LogP contribution in [-0.4, -0.2) is 36.6 Å². The molecule has 0 atom stereocenters. The maximum atomic E-state index is 9.87. The molecule has 0 aromatic heterocycles. The third-order valence-electron chi connectivity index (χ3n) is 0.400. The van der Waals surface area contributed by atoms with Gasteiger partial charge in [0.1, 0.15) is 12.2 Å². The molecule has 0 aromatic carbocycles. The molecule has 0 aromatic rings. The van der Waals surface area contributed by atoms with Gasteiger partial charge in [-0.05, 0) is 6.92 Å². The molecule has 46 valence electrons. The van der Waals surface area contributed by atoms with Crippen LogP contribution >= 0.6 is 0 Å². The zero-order valence-corrected chi connectivity index (χ0v) is 3.97. The molecule has 0 amide bonds. The van der Waals surface area contributed by atoms with Crippen LogP contribution in [0.5, 0.6) is 0 Å². The van der Waals surface area contributed by atoms with Crippen molar-refractivity contribution in [3.8, 4) is 0 Å². The van der Waals surface area contributed by atoms with Crippen LogP contribution in [0.4, 0.5) is 0 Å². The number of ketones is 1. The topological polar surface area (TPSA) is 54.4 Å². The van der Waals surface area contributed by atoms with Crippen LogP contribution in [0.1, 0.15) is 13.3 Å². The van der Waals surface area contributed by atoms with E-state index in [9.17, 15) is 9.59 Å². The summed E-state index contributed by atoms with van der Waals surface area (Å²) in [5, 5.41) is 7.86. The molecular formula is C4H9GaO3. The molecule has 0 saturated carbocycles. The molecule has 1 N–H and O–H groups in total. The van der Waals surface area contributed by atoms with Crippen LogP contribution in [0, 0.1) is 0 Å². The first-order valence-electron chi connectivity index (χ1n) is 1.84. The fourth-order valence-corrected chi connectivity index (χ4v) is 0.213. The second-order valence-corrected chi connectivity index (χ2v) is 1.27. The van der Waals surface area contributed by atoms with Crippen LogP contribution in [0.2, 0.25) is 0 Å². The van der Waals surface area contributed by atoms with Crippen molar-refractivity contribution in [2.75, 3.05) is 0 Å². The SMILES string of the molecule is CC(=O)CC(=O)O.[GaH3]. The average Bonchev–Trinajstić information content (AvgIpc) is 1.27. The number of carboxylic acids is 1. The Morgan fingerprint density at radius 1 is 1.50 bits per heavy atom. The van der Waals surface area contributed by atoms with Gasteiger partial charge < -0.3 is 5.11 Å². The Balaban J connectivity index is 0. The van der Waals surface area contributed by atoms with Gasteiger partial charge in [-0.3, -0.25) is 9.59 Å². The first-order valence-corrected chi connectivity index (χ1v) is 1.84. The Bertz CT molecular complexity index is 87.5. The van der Waals surface area contributed by atoms with Gasteiger partial charge in [-0.25, -0.2) is 0 Å². The normalized spacial score (nSPS) is 7.12. The van der Waals surface area contributed by atoms with Crippen molar-refractivity contribution in [2.45, 2.75) is 13.3 Å². The van der Waals surface area contributed by atoms with E-state index in [0.717, 1.165) is 0 Å². The summed E-state index contributed by atoms with van der Waals surface area (Å²) in [6.45, 7) is 1.24. The predicted molar refractivity (Wildman–Crippen MR) is 32.9 cm³/mol. The van der Waals surface area contributed by atoms with E-state index in [2.05, 4.69) is 0 Å². The average molecular weight is 175 g/mol. The summed E-state index contributed by atoms with van der Waals surface area (Å²) in [6.07, 6.45) is -0.361. The maximum absolute atomic E-state index is 9.87. The zero-order chi connectivity index (χ0) is 5.86. The van der Waals surface area contributed by atoms with Crippen LogP contribution in [0.15, 0.2) is 0 Å². The minimum atomic E-state index is -1.06. The molecule has 0 spiro atoms. The molecule has 0 saturated heterocycles. The summed E-state index contributed by atoms with van der Waals surface area (Å²) < 4.78 is 0. The van der Waals surface area contributed by atoms with Gasteiger partial charge in [0.25, 0.3) is 0 Å². The van der Waals surface area contributed by atoms with Crippen LogP contribution in [0.25, 0.3) is 0 Å². The van der Waals surface area contributed by atoms with E-state index in [1.165, 1.54) is 6.92 Å². The first-order chi connectivity index (χ1) is 3.13. The Labute approximate surface area is 60.1 Å². The molecule has 0 rings (SSSR count). The zero-order valence-electron chi connectivity index (χ0n) is 3.97. The molecule has 0 bridgehead atoms. The van der Waals surface area contributed by atoms with E-state index in [0.29, 0.717) is 0 Å². The quantitative estimate of drug-likeness (QED) is 0.426. The second kappa shape index (κ2) is 4.92. The summed E-state index contributed by atoms with van der Waals surface area (Å²) in [4.78, 5) is 19.5. The summed E-state index contributed by atoms with van der Waals surface area (Å²) in [7, 11) is 0. The summed E-state index contributed by atoms with van der Waals surface area (Å²) >= 11 is 0. The van der Waals surface area contributed by atoms with E-state index in [4.69, 9.17) is 5.11 Å². The van der Waals surface area contributed by atoms with Crippen molar-refractivity contribution in [3.05, 3.63) is 0 Å². The number of hydrogen-bond donors (Lipinski definition) is 1. The monoisotopic (exact) mass is 174 g/mol. The van der Waals surface area contributed by atoms with Crippen LogP contribution < -0.4 is 0 Å². The molecule has 0 fully saturated rings. The Morgan fingerprint density at radius 2 is 1.88 bits per heavy atom. The van der Waals surface area contributed by atoms with Gasteiger partial charge in [-0.2, -0.15) is 0 Å². The number of carboxylic acid groups (broad SMARTS) is 1. The molecule has 0 radical (unpaired) electrons. The Hall–Kier alpha value is -0.224. The predicted octanol–water partition coefficient (Wildman–Crippen LogP) is -1.13. The third-order valence-corrected chi connectivity index (χ3v) is 0.400. The molecule has 4 heteroatoms. The van der Waals surface area contributed by atoms with Gasteiger partial charge in [0, 0.05) is 0 Å². The van der Waals surface area contributed by atoms with Crippen molar-refractivity contribution < 1.29 is 14.7 Å². The van der Waals surface area contributed by atoms with Crippen LogP contribution in [-0.2, 0) is 9.59 Å². The van der Waals surface area contributed by atoms with Crippen molar-refractivity contribution >= 4 is 31.5 Å². The standard InChI is InChI=1S/C4H6O3.Ga.3H/c1-3(5)2-4(6)7;;;;/h2H2,1H3,(H,6,7);;;;. The van der Waals surface area contributed by atoms with E-state index >= 15 is 0 Å². The van der Waals surface area contributed by atoms with E-state index in [1.807, 2.05) is 0 Å². The van der Waals surface area contributed by atoms with Crippen molar-refractivity contribution in [1.29, 1.82) is 0 Å². The number of Topliss-reactive ketones (excluding diaryl/α,β-unsaturated/α-hetero) is 1. The first kappa shape index (κ1) is 10.7. The minimum absolute atomic E-state index is 0. The van der Waals surface area contributed by atoms with Gasteiger partial charge in [-0.15, -0.1) is 0 Å². The summed E-state index contributed by atoms with van der Waals surface area (Å²) in [6, 6.07) is 0. The number of hydrogen-bond acceptors (Lipinski definition) is 2. The number of carbonyl (C=O) groups excluding carboxylic acids is 1. The van der Waals surface area contributed by atoms with E-state index < -0.39 is 5.97 Å². The molecule has 0 unspecified atom stereocenters. The molecule has 0 aliphatic heterocycles. The fourth-order valence-electron chi connectivity index (χ4n) is 0.213. The molecule has 0 aliphatic rings. The molecule has 3 nitrogen and oxygen atoms in total. The Kier molecular flexibility index (Phi) is 6.59. The number of aliphatic carboxylic acids is 1. The number of rotatable bonds is 2. The molecule has 0 aliphatic carbocycles. The third kappa shape index (κ3) is 9.24. The fraction of sp³-hybridized carbons (Fsp3) is 0.500. The summed E-state index contributed by atoms with van der Waals surface area (Å²) in [5.74, 6) is -1.37. The van der Waals surface area contributed by atoms with Crippen molar-refractivity contribution in [1.82, 2.24) is 0 Å². The summed E-state index contributed by atoms with van der Waals surface area (Å²) in [5.41, 5.74) is 0. The van der Waals surface area contributed by atoms with E-state index in [1.54, 1.807) is 0 Å². The molecule has 8 heavy (non-hydrogen) atoms.